The number of thiocarbonyl (C=S) groups is 1. The molecular formula is C23H21N3OS2. The molecule has 0 saturated carbocycles. The Morgan fingerprint density at radius 2 is 1.72 bits per heavy atom. The average molecular weight is 420 g/mol. The summed E-state index contributed by atoms with van der Waals surface area (Å²) >= 11 is 6.80. The average Bonchev–Trinajstić information content (AvgIpc) is 3.26. The second kappa shape index (κ2) is 8.35. The van der Waals surface area contributed by atoms with Crippen LogP contribution in [0.15, 0.2) is 71.8 Å². The van der Waals surface area contributed by atoms with Gasteiger partial charge in [0.1, 0.15) is 4.32 Å². The number of benzene rings is 2. The van der Waals surface area contributed by atoms with Gasteiger partial charge in [-0.1, -0.05) is 86.4 Å². The van der Waals surface area contributed by atoms with Gasteiger partial charge in [-0.3, -0.25) is 9.69 Å². The molecule has 1 aromatic heterocycles. The molecule has 0 atom stereocenters. The van der Waals surface area contributed by atoms with Gasteiger partial charge in [0.15, 0.2) is 0 Å². The molecule has 1 aliphatic heterocycles. The zero-order valence-electron chi connectivity index (χ0n) is 16.3. The molecule has 0 N–H and O–H groups in total. The van der Waals surface area contributed by atoms with Crippen LogP contribution < -0.4 is 0 Å². The second-order valence-corrected chi connectivity index (χ2v) is 8.94. The lowest BCUT2D eigenvalue weighted by molar-refractivity contribution is -0.122. The van der Waals surface area contributed by atoms with Gasteiger partial charge in [0.2, 0.25) is 0 Å². The summed E-state index contributed by atoms with van der Waals surface area (Å²) in [6, 6.07) is 20.0. The lowest BCUT2D eigenvalue weighted by Gasteiger charge is -2.16. The molecule has 3 aromatic rings. The van der Waals surface area contributed by atoms with E-state index >= 15 is 0 Å². The Morgan fingerprint density at radius 3 is 2.38 bits per heavy atom. The van der Waals surface area contributed by atoms with Crippen molar-refractivity contribution < 1.29 is 4.79 Å². The quantitative estimate of drug-likeness (QED) is 0.410. The molecule has 0 aliphatic carbocycles. The van der Waals surface area contributed by atoms with Gasteiger partial charge in [0.05, 0.1) is 16.3 Å². The number of thioether (sulfide) groups is 1. The number of amides is 1. The van der Waals surface area contributed by atoms with E-state index in [2.05, 4.69) is 13.8 Å². The van der Waals surface area contributed by atoms with Gasteiger partial charge in [0.25, 0.3) is 5.91 Å². The Labute approximate surface area is 180 Å². The number of carbonyl (C=O) groups is 1. The fourth-order valence-electron chi connectivity index (χ4n) is 3.19. The van der Waals surface area contributed by atoms with E-state index in [0.29, 0.717) is 21.7 Å². The molecule has 146 valence electrons. The Balaban J connectivity index is 1.77. The van der Waals surface area contributed by atoms with Crippen molar-refractivity contribution in [2.75, 3.05) is 6.54 Å². The monoisotopic (exact) mass is 419 g/mol. The number of para-hydroxylation sites is 1. The molecule has 2 aromatic carbocycles. The Kier molecular flexibility index (Phi) is 5.65. The van der Waals surface area contributed by atoms with E-state index in [-0.39, 0.29) is 5.91 Å². The zero-order chi connectivity index (χ0) is 20.4. The molecule has 29 heavy (non-hydrogen) atoms. The van der Waals surface area contributed by atoms with E-state index in [4.69, 9.17) is 17.3 Å². The normalized spacial score (nSPS) is 15.7. The van der Waals surface area contributed by atoms with Crippen molar-refractivity contribution in [2.24, 2.45) is 5.92 Å². The third-order valence-electron chi connectivity index (χ3n) is 4.52. The van der Waals surface area contributed by atoms with Crippen LogP contribution in [-0.2, 0) is 4.79 Å². The standard InChI is InChI=1S/C23H21N3OS2/c1-16(2)14-25-22(27)20(29-23(25)28)13-18-15-26(19-11-7-4-8-12-19)24-21(18)17-9-5-3-6-10-17/h3-13,15-16H,14H2,1-2H3/b20-13-. The lowest BCUT2D eigenvalue weighted by atomic mass is 10.1. The fourth-order valence-corrected chi connectivity index (χ4v) is 4.46. The van der Waals surface area contributed by atoms with Gasteiger partial charge in [0, 0.05) is 23.9 Å². The minimum atomic E-state index is -0.0276. The highest BCUT2D eigenvalue weighted by molar-refractivity contribution is 8.26. The largest absolute Gasteiger partial charge is 0.293 e. The van der Waals surface area contributed by atoms with Crippen LogP contribution in [0.1, 0.15) is 19.4 Å². The Hall–Kier alpha value is -2.70. The van der Waals surface area contributed by atoms with Crippen molar-refractivity contribution in [2.45, 2.75) is 13.8 Å². The first kappa shape index (κ1) is 19.6. The van der Waals surface area contributed by atoms with E-state index in [1.807, 2.05) is 77.6 Å². The molecule has 4 rings (SSSR count). The Bertz CT molecular complexity index is 1070. The predicted octanol–water partition coefficient (Wildman–Crippen LogP) is 5.40. The minimum Gasteiger partial charge on any atom is -0.293 e. The first-order chi connectivity index (χ1) is 14.0. The SMILES string of the molecule is CC(C)CN1C(=O)/C(=C/c2cn(-c3ccccc3)nc2-c2ccccc2)SC1=S. The summed E-state index contributed by atoms with van der Waals surface area (Å²) in [4.78, 5) is 15.2. The van der Waals surface area contributed by atoms with E-state index < -0.39 is 0 Å². The van der Waals surface area contributed by atoms with E-state index in [0.717, 1.165) is 22.5 Å². The highest BCUT2D eigenvalue weighted by Crippen LogP contribution is 2.35. The molecule has 0 bridgehead atoms. The number of carbonyl (C=O) groups excluding carboxylic acids is 1. The molecule has 0 spiro atoms. The van der Waals surface area contributed by atoms with E-state index in [1.54, 1.807) is 4.90 Å². The molecule has 1 amide bonds. The smallest absolute Gasteiger partial charge is 0.266 e. The molecule has 6 heteroatoms. The van der Waals surface area contributed by atoms with Gasteiger partial charge < -0.3 is 0 Å². The maximum atomic E-state index is 12.9. The summed E-state index contributed by atoms with van der Waals surface area (Å²) in [6.45, 7) is 4.80. The van der Waals surface area contributed by atoms with Crippen molar-refractivity contribution in [3.8, 4) is 16.9 Å². The lowest BCUT2D eigenvalue weighted by Crippen LogP contribution is -2.31. The van der Waals surface area contributed by atoms with Crippen LogP contribution in [-0.4, -0.2) is 31.5 Å². The van der Waals surface area contributed by atoms with Crippen molar-refractivity contribution in [1.82, 2.24) is 14.7 Å². The molecule has 1 saturated heterocycles. The van der Waals surface area contributed by atoms with Crippen molar-refractivity contribution in [3.63, 3.8) is 0 Å². The van der Waals surface area contributed by atoms with Gasteiger partial charge in [-0.2, -0.15) is 5.10 Å². The van der Waals surface area contributed by atoms with Crippen LogP contribution in [0.5, 0.6) is 0 Å². The highest BCUT2D eigenvalue weighted by atomic mass is 32.2. The van der Waals surface area contributed by atoms with Crippen molar-refractivity contribution in [1.29, 1.82) is 0 Å². The number of nitrogens with zero attached hydrogens (tertiary/aromatic N) is 3. The van der Waals surface area contributed by atoms with Gasteiger partial charge in [-0.15, -0.1) is 0 Å². The summed E-state index contributed by atoms with van der Waals surface area (Å²) in [7, 11) is 0. The molecular weight excluding hydrogens is 398 g/mol. The predicted molar refractivity (Wildman–Crippen MR) is 124 cm³/mol. The number of aromatic nitrogens is 2. The van der Waals surface area contributed by atoms with Crippen LogP contribution >= 0.6 is 24.0 Å². The summed E-state index contributed by atoms with van der Waals surface area (Å²) in [5.74, 6) is 0.331. The second-order valence-electron chi connectivity index (χ2n) is 7.27. The Morgan fingerprint density at radius 1 is 1.07 bits per heavy atom. The summed E-state index contributed by atoms with van der Waals surface area (Å²) in [5, 5.41) is 4.81. The summed E-state index contributed by atoms with van der Waals surface area (Å²) in [5.41, 5.74) is 3.71. The summed E-state index contributed by atoms with van der Waals surface area (Å²) < 4.78 is 2.47. The molecule has 1 fully saturated rings. The fraction of sp³-hybridized carbons (Fsp3) is 0.174. The summed E-state index contributed by atoms with van der Waals surface area (Å²) in [6.07, 6.45) is 3.88. The number of hydrogen-bond donors (Lipinski definition) is 0. The van der Waals surface area contributed by atoms with Crippen molar-refractivity contribution >= 4 is 40.3 Å². The molecule has 2 heterocycles. The van der Waals surface area contributed by atoms with Gasteiger partial charge >= 0.3 is 0 Å². The minimum absolute atomic E-state index is 0.0276. The van der Waals surface area contributed by atoms with Crippen LogP contribution in [0.3, 0.4) is 0 Å². The first-order valence-electron chi connectivity index (χ1n) is 9.49. The molecule has 4 nitrogen and oxygen atoms in total. The third kappa shape index (κ3) is 4.18. The highest BCUT2D eigenvalue weighted by Gasteiger charge is 2.32. The van der Waals surface area contributed by atoms with Crippen molar-refractivity contribution in [3.05, 3.63) is 77.3 Å². The maximum absolute atomic E-state index is 12.9. The van der Waals surface area contributed by atoms with Crippen LogP contribution in [0.25, 0.3) is 23.0 Å². The zero-order valence-corrected chi connectivity index (χ0v) is 17.9. The van der Waals surface area contributed by atoms with Crippen LogP contribution in [0.2, 0.25) is 0 Å². The van der Waals surface area contributed by atoms with Crippen LogP contribution in [0, 0.1) is 5.92 Å². The molecule has 0 unspecified atom stereocenters. The maximum Gasteiger partial charge on any atom is 0.266 e. The first-order valence-corrected chi connectivity index (χ1v) is 10.7. The van der Waals surface area contributed by atoms with Crippen LogP contribution in [0.4, 0.5) is 0 Å². The van der Waals surface area contributed by atoms with Gasteiger partial charge in [-0.25, -0.2) is 4.68 Å². The van der Waals surface area contributed by atoms with Gasteiger partial charge in [-0.05, 0) is 24.1 Å². The molecule has 0 radical (unpaired) electrons. The topological polar surface area (TPSA) is 38.1 Å². The van der Waals surface area contributed by atoms with E-state index in [1.165, 1.54) is 11.8 Å². The van der Waals surface area contributed by atoms with E-state index in [9.17, 15) is 4.79 Å². The number of hydrogen-bond acceptors (Lipinski definition) is 4. The number of rotatable bonds is 5. The molecule has 1 aliphatic rings. The third-order valence-corrected chi connectivity index (χ3v) is 5.90.